The van der Waals surface area contributed by atoms with Gasteiger partial charge in [0, 0.05) is 4.90 Å². The summed E-state index contributed by atoms with van der Waals surface area (Å²) in [5.74, 6) is -2.02. The van der Waals surface area contributed by atoms with Crippen molar-refractivity contribution in [2.45, 2.75) is 11.5 Å². The molecule has 1 N–H and O–H groups in total. The zero-order valence-corrected chi connectivity index (χ0v) is 8.54. The van der Waals surface area contributed by atoms with Crippen molar-refractivity contribution >= 4 is 18.6 Å². The average molecular weight is 245 g/mol. The van der Waals surface area contributed by atoms with Crippen LogP contribution in [0.2, 0.25) is 0 Å². The van der Waals surface area contributed by atoms with Crippen LogP contribution in [0.4, 0.5) is 8.78 Å². The predicted molar refractivity (Wildman–Crippen MR) is 52.0 cm³/mol. The van der Waals surface area contributed by atoms with Gasteiger partial charge in [0.15, 0.2) is 5.75 Å². The van der Waals surface area contributed by atoms with Crippen LogP contribution in [-0.2, 0) is 0 Å². The van der Waals surface area contributed by atoms with Gasteiger partial charge in [0.25, 0.3) is 0 Å². The van der Waals surface area contributed by atoms with Crippen molar-refractivity contribution in [2.75, 3.05) is 0 Å². The normalized spacial score (nSPS) is 9.94. The molecule has 0 atom stereocenters. The molecular weight excluding hydrogens is 240 g/mol. The van der Waals surface area contributed by atoms with E-state index < -0.39 is 23.9 Å². The number of nitrogens with zero attached hydrogens (tertiary/aromatic N) is 1. The summed E-state index contributed by atoms with van der Waals surface area (Å²) in [6.45, 7) is -3.16. The summed E-state index contributed by atoms with van der Waals surface area (Å²) in [7, 11) is 0. The number of benzene rings is 1. The van der Waals surface area contributed by atoms with Gasteiger partial charge in [-0.3, -0.25) is 0 Å². The molecule has 0 spiro atoms. The molecule has 0 aliphatic carbocycles. The van der Waals surface area contributed by atoms with E-state index in [1.807, 2.05) is 0 Å². The highest BCUT2D eigenvalue weighted by Crippen LogP contribution is 2.30. The largest absolute Gasteiger partial charge is 0.478 e. The number of thiol groups is 1. The number of aromatic carboxylic acids is 1. The molecule has 16 heavy (non-hydrogen) atoms. The molecule has 0 heterocycles. The van der Waals surface area contributed by atoms with Crippen molar-refractivity contribution in [3.63, 3.8) is 0 Å². The monoisotopic (exact) mass is 245 g/mol. The van der Waals surface area contributed by atoms with Gasteiger partial charge in [-0.1, -0.05) is 0 Å². The second-order valence-electron chi connectivity index (χ2n) is 2.67. The van der Waals surface area contributed by atoms with Gasteiger partial charge in [-0.25, -0.2) is 4.79 Å². The number of carboxylic acids is 1. The summed E-state index contributed by atoms with van der Waals surface area (Å²) in [6.07, 6.45) is 0. The van der Waals surface area contributed by atoms with Crippen molar-refractivity contribution in [2.24, 2.45) is 0 Å². The number of nitriles is 1. The van der Waals surface area contributed by atoms with E-state index in [1.165, 1.54) is 0 Å². The van der Waals surface area contributed by atoms with Gasteiger partial charge in [0.05, 0.1) is 11.6 Å². The van der Waals surface area contributed by atoms with Gasteiger partial charge in [0.2, 0.25) is 0 Å². The van der Waals surface area contributed by atoms with E-state index in [2.05, 4.69) is 17.4 Å². The number of hydrogen-bond acceptors (Lipinski definition) is 4. The van der Waals surface area contributed by atoms with Gasteiger partial charge in [0.1, 0.15) is 5.56 Å². The highest BCUT2D eigenvalue weighted by Gasteiger charge is 2.19. The summed E-state index contributed by atoms with van der Waals surface area (Å²) in [5.41, 5.74) is -0.520. The molecule has 1 rings (SSSR count). The van der Waals surface area contributed by atoms with Crippen LogP contribution in [0.5, 0.6) is 5.75 Å². The summed E-state index contributed by atoms with van der Waals surface area (Å²) in [5, 5.41) is 17.3. The van der Waals surface area contributed by atoms with E-state index in [0.29, 0.717) is 0 Å². The molecule has 7 heteroatoms. The number of carbonyl (C=O) groups is 1. The fraction of sp³-hybridized carbons (Fsp3) is 0.111. The van der Waals surface area contributed by atoms with E-state index in [-0.39, 0.29) is 10.5 Å². The number of carboxylic acid groups (broad SMARTS) is 1. The quantitative estimate of drug-likeness (QED) is 0.800. The van der Waals surface area contributed by atoms with Crippen molar-refractivity contribution < 1.29 is 23.4 Å². The van der Waals surface area contributed by atoms with Crippen LogP contribution in [0.25, 0.3) is 0 Å². The number of halogens is 2. The fourth-order valence-electron chi connectivity index (χ4n) is 1.05. The third kappa shape index (κ3) is 2.61. The molecule has 0 saturated carbocycles. The van der Waals surface area contributed by atoms with Gasteiger partial charge in [-0.15, -0.1) is 12.6 Å². The lowest BCUT2D eigenvalue weighted by molar-refractivity contribution is -0.0521. The Hall–Kier alpha value is -1.81. The molecule has 4 nitrogen and oxygen atoms in total. The van der Waals surface area contributed by atoms with Crippen LogP contribution in [0, 0.1) is 11.3 Å². The maximum atomic E-state index is 12.0. The Morgan fingerprint density at radius 2 is 2.19 bits per heavy atom. The average Bonchev–Trinajstić information content (AvgIpc) is 2.19. The second kappa shape index (κ2) is 4.81. The third-order valence-electron chi connectivity index (χ3n) is 1.64. The topological polar surface area (TPSA) is 70.3 Å². The molecule has 0 saturated heterocycles. The highest BCUT2D eigenvalue weighted by molar-refractivity contribution is 7.80. The Labute approximate surface area is 94.5 Å². The summed E-state index contributed by atoms with van der Waals surface area (Å²) in [6, 6.07) is 3.78. The Morgan fingerprint density at radius 3 is 2.62 bits per heavy atom. The molecule has 0 aliphatic heterocycles. The first-order valence-corrected chi connectivity index (χ1v) is 4.35. The van der Waals surface area contributed by atoms with Crippen LogP contribution >= 0.6 is 12.6 Å². The molecule has 0 unspecified atom stereocenters. The van der Waals surface area contributed by atoms with Crippen LogP contribution in [-0.4, -0.2) is 17.7 Å². The van der Waals surface area contributed by atoms with E-state index >= 15 is 0 Å². The van der Waals surface area contributed by atoms with Crippen molar-refractivity contribution in [1.82, 2.24) is 0 Å². The Balaban J connectivity index is 3.35. The molecule has 0 amide bonds. The Bertz CT molecular complexity index is 471. The van der Waals surface area contributed by atoms with Gasteiger partial charge >= 0.3 is 12.6 Å². The second-order valence-corrected chi connectivity index (χ2v) is 3.15. The lowest BCUT2D eigenvalue weighted by Gasteiger charge is -2.10. The first-order valence-electron chi connectivity index (χ1n) is 3.91. The number of ether oxygens (including phenoxy) is 1. The van der Waals surface area contributed by atoms with E-state index in [0.717, 1.165) is 12.1 Å². The molecule has 0 fully saturated rings. The molecule has 0 radical (unpaired) electrons. The van der Waals surface area contributed by atoms with Crippen LogP contribution in [0.3, 0.4) is 0 Å². The molecule has 1 aromatic carbocycles. The third-order valence-corrected chi connectivity index (χ3v) is 1.97. The lowest BCUT2D eigenvalue weighted by atomic mass is 10.1. The lowest BCUT2D eigenvalue weighted by Crippen LogP contribution is -2.09. The predicted octanol–water partition coefficient (Wildman–Crippen LogP) is 2.15. The van der Waals surface area contributed by atoms with Crippen molar-refractivity contribution in [1.29, 1.82) is 5.26 Å². The fourth-order valence-corrected chi connectivity index (χ4v) is 1.36. The zero-order valence-electron chi connectivity index (χ0n) is 7.65. The maximum Gasteiger partial charge on any atom is 0.387 e. The van der Waals surface area contributed by atoms with Crippen LogP contribution < -0.4 is 4.74 Å². The standard InChI is InChI=1S/C9H5F2NO3S/c10-9(11)15-7-5(8(13)14)1-4(3-12)2-6(7)16/h1-2,9,16H,(H,13,14). The molecule has 0 aromatic heterocycles. The summed E-state index contributed by atoms with van der Waals surface area (Å²) < 4.78 is 28.1. The molecule has 84 valence electrons. The minimum Gasteiger partial charge on any atom is -0.478 e. The first kappa shape index (κ1) is 12.3. The first-order chi connectivity index (χ1) is 7.45. The summed E-state index contributed by atoms with van der Waals surface area (Å²) in [4.78, 5) is 10.6. The maximum absolute atomic E-state index is 12.0. The minimum absolute atomic E-state index is 0.00372. The van der Waals surface area contributed by atoms with Gasteiger partial charge in [-0.2, -0.15) is 14.0 Å². The van der Waals surface area contributed by atoms with E-state index in [4.69, 9.17) is 10.4 Å². The van der Waals surface area contributed by atoms with E-state index in [9.17, 15) is 13.6 Å². The SMILES string of the molecule is N#Cc1cc(S)c(OC(F)F)c(C(=O)O)c1. The Kier molecular flexibility index (Phi) is 3.68. The van der Waals surface area contributed by atoms with Crippen LogP contribution in [0.1, 0.15) is 15.9 Å². The molecule has 0 aliphatic rings. The molecular formula is C9H5F2NO3S. The number of hydrogen-bond donors (Lipinski definition) is 2. The molecule has 1 aromatic rings. The highest BCUT2D eigenvalue weighted by atomic mass is 32.1. The van der Waals surface area contributed by atoms with Crippen molar-refractivity contribution in [3.05, 3.63) is 23.3 Å². The minimum atomic E-state index is -3.16. The Morgan fingerprint density at radius 1 is 1.56 bits per heavy atom. The summed E-state index contributed by atoms with van der Waals surface area (Å²) >= 11 is 3.79. The zero-order chi connectivity index (χ0) is 12.3. The van der Waals surface area contributed by atoms with E-state index in [1.54, 1.807) is 6.07 Å². The molecule has 0 bridgehead atoms. The number of alkyl halides is 2. The van der Waals surface area contributed by atoms with Crippen molar-refractivity contribution in [3.8, 4) is 11.8 Å². The van der Waals surface area contributed by atoms with Gasteiger partial charge in [-0.05, 0) is 12.1 Å². The van der Waals surface area contributed by atoms with Crippen LogP contribution in [0.15, 0.2) is 17.0 Å². The smallest absolute Gasteiger partial charge is 0.387 e. The number of rotatable bonds is 3. The van der Waals surface area contributed by atoms with Gasteiger partial charge < -0.3 is 9.84 Å².